The zero-order chi connectivity index (χ0) is 15.6. The van der Waals surface area contributed by atoms with E-state index in [9.17, 15) is 5.11 Å². The summed E-state index contributed by atoms with van der Waals surface area (Å²) < 4.78 is 5.47. The number of aromatic nitrogens is 2. The van der Waals surface area contributed by atoms with Crippen molar-refractivity contribution < 1.29 is 9.52 Å². The van der Waals surface area contributed by atoms with Gasteiger partial charge in [0.1, 0.15) is 29.1 Å². The van der Waals surface area contributed by atoms with E-state index in [1.54, 1.807) is 14.0 Å². The molecule has 0 aromatic carbocycles. The molecular weight excluding hydrogens is 292 g/mol. The summed E-state index contributed by atoms with van der Waals surface area (Å²) in [5.74, 6) is 2.01. The van der Waals surface area contributed by atoms with E-state index in [0.717, 1.165) is 11.3 Å². The van der Waals surface area contributed by atoms with Gasteiger partial charge in [-0.05, 0) is 26.8 Å². The van der Waals surface area contributed by atoms with Crippen LogP contribution in [0.2, 0.25) is 5.15 Å². The van der Waals surface area contributed by atoms with Gasteiger partial charge in [-0.2, -0.15) is 0 Å². The van der Waals surface area contributed by atoms with Gasteiger partial charge in [-0.1, -0.05) is 11.6 Å². The zero-order valence-corrected chi connectivity index (χ0v) is 13.2. The second-order valence-electron chi connectivity index (χ2n) is 5.09. The maximum atomic E-state index is 10.7. The second kappa shape index (κ2) is 5.91. The predicted molar refractivity (Wildman–Crippen MR) is 82.8 cm³/mol. The van der Waals surface area contributed by atoms with Gasteiger partial charge in [-0.3, -0.25) is 0 Å². The average Bonchev–Trinajstić information content (AvgIpc) is 2.76. The van der Waals surface area contributed by atoms with Gasteiger partial charge in [-0.25, -0.2) is 9.97 Å². The summed E-state index contributed by atoms with van der Waals surface area (Å²) in [6, 6.07) is 1.84. The number of hydrogen-bond donors (Lipinski definition) is 3. The highest BCUT2D eigenvalue weighted by molar-refractivity contribution is 6.32. The van der Waals surface area contributed by atoms with E-state index in [-0.39, 0.29) is 6.54 Å². The first kappa shape index (κ1) is 15.6. The van der Waals surface area contributed by atoms with Crippen molar-refractivity contribution in [2.75, 3.05) is 24.2 Å². The summed E-state index contributed by atoms with van der Waals surface area (Å²) in [5.41, 5.74) is 0.248. The van der Waals surface area contributed by atoms with Crippen LogP contribution < -0.4 is 10.6 Å². The lowest BCUT2D eigenvalue weighted by Gasteiger charge is -2.24. The SMILES string of the molecule is CNc1c(Cl)ncnc1NCC(C)(O)c1cc(C)oc1C. The quantitative estimate of drug-likeness (QED) is 0.737. The Morgan fingerprint density at radius 1 is 1.38 bits per heavy atom. The van der Waals surface area contributed by atoms with Gasteiger partial charge in [-0.15, -0.1) is 0 Å². The number of halogens is 1. The van der Waals surface area contributed by atoms with Crippen LogP contribution in [0.3, 0.4) is 0 Å². The van der Waals surface area contributed by atoms with Crippen molar-refractivity contribution in [3.05, 3.63) is 34.6 Å². The Bertz CT molecular complexity index is 640. The number of anilines is 2. The molecule has 2 rings (SSSR count). The van der Waals surface area contributed by atoms with E-state index >= 15 is 0 Å². The van der Waals surface area contributed by atoms with Crippen LogP contribution in [0.5, 0.6) is 0 Å². The monoisotopic (exact) mass is 310 g/mol. The van der Waals surface area contributed by atoms with Crippen LogP contribution >= 0.6 is 11.6 Å². The smallest absolute Gasteiger partial charge is 0.157 e. The van der Waals surface area contributed by atoms with E-state index in [4.69, 9.17) is 16.0 Å². The molecule has 1 unspecified atom stereocenters. The molecule has 114 valence electrons. The van der Waals surface area contributed by atoms with Crippen LogP contribution in [0.4, 0.5) is 11.5 Å². The molecule has 0 saturated heterocycles. The van der Waals surface area contributed by atoms with Crippen molar-refractivity contribution in [2.45, 2.75) is 26.4 Å². The highest BCUT2D eigenvalue weighted by Gasteiger charge is 2.28. The van der Waals surface area contributed by atoms with Crippen LogP contribution in [0.15, 0.2) is 16.8 Å². The Balaban J connectivity index is 2.19. The van der Waals surface area contributed by atoms with Crippen molar-refractivity contribution >= 4 is 23.1 Å². The van der Waals surface area contributed by atoms with Crippen molar-refractivity contribution in [2.24, 2.45) is 0 Å². The number of nitrogens with zero attached hydrogens (tertiary/aromatic N) is 2. The van der Waals surface area contributed by atoms with E-state index in [1.165, 1.54) is 6.33 Å². The van der Waals surface area contributed by atoms with Gasteiger partial charge in [0.15, 0.2) is 11.0 Å². The molecule has 1 atom stereocenters. The largest absolute Gasteiger partial charge is 0.466 e. The molecule has 0 amide bonds. The first-order valence-electron chi connectivity index (χ1n) is 6.57. The molecule has 7 heteroatoms. The van der Waals surface area contributed by atoms with E-state index in [1.807, 2.05) is 19.9 Å². The molecule has 2 heterocycles. The Labute approximate surface area is 128 Å². The number of nitrogens with one attached hydrogen (secondary N) is 2. The Morgan fingerprint density at radius 2 is 2.10 bits per heavy atom. The molecule has 2 aromatic rings. The summed E-state index contributed by atoms with van der Waals surface area (Å²) >= 11 is 5.99. The third kappa shape index (κ3) is 3.28. The predicted octanol–water partition coefficient (Wildman–Crippen LogP) is 2.70. The molecule has 0 aliphatic heterocycles. The zero-order valence-electron chi connectivity index (χ0n) is 12.5. The fraction of sp³-hybridized carbons (Fsp3) is 0.429. The van der Waals surface area contributed by atoms with Crippen LogP contribution in [-0.2, 0) is 5.60 Å². The Morgan fingerprint density at radius 3 is 2.67 bits per heavy atom. The molecule has 2 aromatic heterocycles. The molecule has 21 heavy (non-hydrogen) atoms. The Hall–Kier alpha value is -1.79. The molecule has 0 saturated carbocycles. The van der Waals surface area contributed by atoms with Gasteiger partial charge in [0, 0.05) is 19.2 Å². The summed E-state index contributed by atoms with van der Waals surface area (Å²) in [6.07, 6.45) is 1.37. The lowest BCUT2D eigenvalue weighted by atomic mass is 9.96. The summed E-state index contributed by atoms with van der Waals surface area (Å²) in [7, 11) is 1.73. The molecule has 0 aliphatic rings. The maximum absolute atomic E-state index is 10.7. The second-order valence-corrected chi connectivity index (χ2v) is 5.45. The van der Waals surface area contributed by atoms with Gasteiger partial charge in [0.2, 0.25) is 0 Å². The topological polar surface area (TPSA) is 83.2 Å². The van der Waals surface area contributed by atoms with Crippen LogP contribution in [0.25, 0.3) is 0 Å². The molecule has 6 nitrogen and oxygen atoms in total. The Kier molecular flexibility index (Phi) is 4.39. The fourth-order valence-electron chi connectivity index (χ4n) is 2.24. The van der Waals surface area contributed by atoms with Gasteiger partial charge in [0.25, 0.3) is 0 Å². The van der Waals surface area contributed by atoms with Crippen LogP contribution in [0.1, 0.15) is 24.0 Å². The van der Waals surface area contributed by atoms with Crippen molar-refractivity contribution in [3.8, 4) is 0 Å². The lowest BCUT2D eigenvalue weighted by molar-refractivity contribution is 0.0699. The van der Waals surface area contributed by atoms with Gasteiger partial charge in [0.05, 0.1) is 0 Å². The van der Waals surface area contributed by atoms with Gasteiger partial charge < -0.3 is 20.2 Å². The lowest BCUT2D eigenvalue weighted by Crippen LogP contribution is -2.31. The average molecular weight is 311 g/mol. The maximum Gasteiger partial charge on any atom is 0.157 e. The highest BCUT2D eigenvalue weighted by Crippen LogP contribution is 2.29. The first-order valence-corrected chi connectivity index (χ1v) is 6.95. The van der Waals surface area contributed by atoms with Crippen molar-refractivity contribution in [1.29, 1.82) is 0 Å². The molecule has 0 spiro atoms. The number of hydrogen-bond acceptors (Lipinski definition) is 6. The molecule has 0 fully saturated rings. The van der Waals surface area contributed by atoms with Crippen LogP contribution in [0, 0.1) is 13.8 Å². The summed E-state index contributed by atoms with van der Waals surface area (Å²) in [5, 5.41) is 17.0. The fourth-order valence-corrected chi connectivity index (χ4v) is 2.46. The van der Waals surface area contributed by atoms with Crippen molar-refractivity contribution in [3.63, 3.8) is 0 Å². The summed E-state index contributed by atoms with van der Waals surface area (Å²) in [4.78, 5) is 8.04. The number of rotatable bonds is 5. The normalized spacial score (nSPS) is 13.8. The number of aryl methyl sites for hydroxylation is 2. The summed E-state index contributed by atoms with van der Waals surface area (Å²) in [6.45, 7) is 5.66. The molecule has 0 aliphatic carbocycles. The standard InChI is InChI=1S/C14H19ClN4O2/c1-8-5-10(9(2)21-8)14(3,20)6-17-13-11(16-4)12(15)18-7-19-13/h5,7,16,20H,6H2,1-4H3,(H,17,18,19). The minimum absolute atomic E-state index is 0.259. The van der Waals surface area contributed by atoms with Crippen LogP contribution in [-0.4, -0.2) is 28.7 Å². The minimum Gasteiger partial charge on any atom is -0.466 e. The highest BCUT2D eigenvalue weighted by atomic mass is 35.5. The molecule has 0 radical (unpaired) electrons. The van der Waals surface area contributed by atoms with E-state index in [0.29, 0.717) is 22.4 Å². The third-order valence-corrected chi connectivity index (χ3v) is 3.56. The number of aliphatic hydroxyl groups is 1. The molecular formula is C14H19ClN4O2. The van der Waals surface area contributed by atoms with E-state index in [2.05, 4.69) is 20.6 Å². The van der Waals surface area contributed by atoms with E-state index < -0.39 is 5.60 Å². The molecule has 3 N–H and O–H groups in total. The number of furan rings is 1. The minimum atomic E-state index is -1.09. The first-order chi connectivity index (χ1) is 9.85. The third-order valence-electron chi connectivity index (χ3n) is 3.27. The van der Waals surface area contributed by atoms with Crippen molar-refractivity contribution in [1.82, 2.24) is 9.97 Å². The van der Waals surface area contributed by atoms with Gasteiger partial charge >= 0.3 is 0 Å². The molecule has 0 bridgehead atoms.